The maximum Gasteiger partial charge on any atom is 0.368 e. The third-order valence-electron chi connectivity index (χ3n) is 3.73. The smallest absolute Gasteiger partial charge is 0.321 e. The first-order valence-corrected chi connectivity index (χ1v) is 9.61. The van der Waals surface area contributed by atoms with Gasteiger partial charge in [-0.1, -0.05) is 63.3 Å². The lowest BCUT2D eigenvalue weighted by molar-refractivity contribution is -0.257. The van der Waals surface area contributed by atoms with Crippen LogP contribution in [0.25, 0.3) is 0 Å². The second-order valence-electron chi connectivity index (χ2n) is 6.10. The van der Waals surface area contributed by atoms with Crippen molar-refractivity contribution in [1.29, 1.82) is 0 Å². The van der Waals surface area contributed by atoms with Crippen molar-refractivity contribution in [1.82, 2.24) is 0 Å². The molecule has 0 aromatic rings. The van der Waals surface area contributed by atoms with Gasteiger partial charge in [-0.25, -0.2) is 19.4 Å². The Labute approximate surface area is 152 Å². The average Bonchev–Trinajstić information content (AvgIpc) is 2.62. The van der Waals surface area contributed by atoms with E-state index in [1.54, 1.807) is 0 Å². The van der Waals surface area contributed by atoms with Gasteiger partial charge in [-0.15, -0.1) is 0 Å². The summed E-state index contributed by atoms with van der Waals surface area (Å²) in [5, 5.41) is 0. The summed E-state index contributed by atoms with van der Waals surface area (Å²) >= 11 is 0. The zero-order valence-corrected chi connectivity index (χ0v) is 15.7. The van der Waals surface area contributed by atoms with Crippen molar-refractivity contribution in [2.75, 3.05) is 6.54 Å². The Morgan fingerprint density at radius 2 is 1.32 bits per heavy atom. The van der Waals surface area contributed by atoms with Gasteiger partial charge in [0.2, 0.25) is 0 Å². The van der Waals surface area contributed by atoms with E-state index in [1.165, 1.54) is 32.1 Å². The molecule has 0 aromatic heterocycles. The van der Waals surface area contributed by atoms with Crippen LogP contribution in [0.3, 0.4) is 0 Å². The number of allylic oxidation sites excluding steroid dienone is 4. The minimum atomic E-state index is -0.742. The quantitative estimate of drug-likeness (QED) is 0.199. The predicted molar refractivity (Wildman–Crippen MR) is 101 cm³/mol. The molecule has 0 atom stereocenters. The van der Waals surface area contributed by atoms with Crippen molar-refractivity contribution in [3.05, 3.63) is 24.3 Å². The highest BCUT2D eigenvalue weighted by Gasteiger charge is 2.07. The molecule has 0 aromatic carbocycles. The largest absolute Gasteiger partial charge is 0.368 e. The van der Waals surface area contributed by atoms with E-state index in [1.807, 2.05) is 0 Å². The van der Waals surface area contributed by atoms with Gasteiger partial charge < -0.3 is 5.73 Å². The average molecular weight is 354 g/mol. The lowest BCUT2D eigenvalue weighted by Gasteiger charge is -2.02. The van der Waals surface area contributed by atoms with Gasteiger partial charge in [-0.05, 0) is 38.5 Å². The highest BCUT2D eigenvalue weighted by Crippen LogP contribution is 2.08. The van der Waals surface area contributed by atoms with Gasteiger partial charge in [0.15, 0.2) is 0 Å². The zero-order chi connectivity index (χ0) is 18.6. The minimum absolute atomic E-state index is 0.266. The highest BCUT2D eigenvalue weighted by molar-refractivity contribution is 5.73. The summed E-state index contributed by atoms with van der Waals surface area (Å²) in [6.07, 6.45) is 21.7. The Bertz CT molecular complexity index is 391. The Morgan fingerprint density at radius 3 is 1.96 bits per heavy atom. The molecule has 5 nitrogen and oxygen atoms in total. The van der Waals surface area contributed by atoms with Crippen LogP contribution in [-0.4, -0.2) is 18.5 Å². The summed E-state index contributed by atoms with van der Waals surface area (Å²) in [5.41, 5.74) is 5.02. The van der Waals surface area contributed by atoms with E-state index in [4.69, 9.17) is 5.73 Å². The molecule has 0 aliphatic carbocycles. The molecule has 0 spiro atoms. The van der Waals surface area contributed by atoms with Gasteiger partial charge >= 0.3 is 11.9 Å². The molecule has 0 heterocycles. The molecule has 0 bridgehead atoms. The van der Waals surface area contributed by atoms with E-state index in [0.29, 0.717) is 0 Å². The Morgan fingerprint density at radius 1 is 0.760 bits per heavy atom. The Kier molecular flexibility index (Phi) is 17.5. The van der Waals surface area contributed by atoms with Crippen molar-refractivity contribution < 1.29 is 19.4 Å². The first-order valence-electron chi connectivity index (χ1n) is 9.61. The molecular formula is C20H35NO4. The van der Waals surface area contributed by atoms with Crippen molar-refractivity contribution in [2.24, 2.45) is 5.73 Å². The second kappa shape index (κ2) is 18.7. The maximum atomic E-state index is 11.2. The van der Waals surface area contributed by atoms with Gasteiger partial charge in [0.25, 0.3) is 0 Å². The molecule has 25 heavy (non-hydrogen) atoms. The number of nitrogens with two attached hydrogens (primary N) is 1. The summed E-state index contributed by atoms with van der Waals surface area (Å²) in [6.45, 7) is 1.93. The van der Waals surface area contributed by atoms with Gasteiger partial charge in [0.1, 0.15) is 0 Å². The molecule has 0 aliphatic heterocycles. The van der Waals surface area contributed by atoms with Crippen LogP contribution in [0.5, 0.6) is 0 Å². The number of unbranched alkanes of at least 4 members (excludes halogenated alkanes) is 8. The van der Waals surface area contributed by atoms with Crippen molar-refractivity contribution in [3.8, 4) is 0 Å². The first-order chi connectivity index (χ1) is 12.2. The topological polar surface area (TPSA) is 78.6 Å². The monoisotopic (exact) mass is 353 g/mol. The van der Waals surface area contributed by atoms with Crippen LogP contribution in [0.4, 0.5) is 0 Å². The van der Waals surface area contributed by atoms with E-state index in [2.05, 4.69) is 41.0 Å². The SMILES string of the molecule is CCCCC/C=C\C/C=C\CCCCCCCC(=O)OOC(=O)CN. The number of carbonyl (C=O) groups is 2. The summed E-state index contributed by atoms with van der Waals surface area (Å²) in [4.78, 5) is 30.5. The molecule has 144 valence electrons. The van der Waals surface area contributed by atoms with E-state index in [0.717, 1.165) is 38.5 Å². The number of hydrogen-bond donors (Lipinski definition) is 1. The Balaban J connectivity index is 3.31. The minimum Gasteiger partial charge on any atom is -0.321 e. The van der Waals surface area contributed by atoms with Gasteiger partial charge in [-0.2, -0.15) is 0 Å². The number of carbonyl (C=O) groups excluding carboxylic acids is 2. The molecular weight excluding hydrogens is 318 g/mol. The fourth-order valence-electron chi connectivity index (χ4n) is 2.25. The standard InChI is InChI=1S/C20H35NO4/c1-2-3-4-5-6-7-8-9-10-11-12-13-14-15-16-17-19(22)24-25-20(23)18-21/h6-7,9-10H,2-5,8,11-18,21H2,1H3/b7-6-,10-9-. The van der Waals surface area contributed by atoms with E-state index in [-0.39, 0.29) is 13.0 Å². The zero-order valence-electron chi connectivity index (χ0n) is 15.7. The van der Waals surface area contributed by atoms with Crippen molar-refractivity contribution >= 4 is 11.9 Å². The molecule has 0 amide bonds. The van der Waals surface area contributed by atoms with E-state index >= 15 is 0 Å². The molecule has 5 heteroatoms. The second-order valence-corrected chi connectivity index (χ2v) is 6.10. The lowest BCUT2D eigenvalue weighted by Crippen LogP contribution is -2.19. The fraction of sp³-hybridized carbons (Fsp3) is 0.700. The van der Waals surface area contributed by atoms with Crippen LogP contribution in [0.2, 0.25) is 0 Å². The summed E-state index contributed by atoms with van der Waals surface area (Å²) in [7, 11) is 0. The Hall–Kier alpha value is -1.62. The van der Waals surface area contributed by atoms with Gasteiger partial charge in [0, 0.05) is 0 Å². The van der Waals surface area contributed by atoms with Crippen LogP contribution in [0, 0.1) is 0 Å². The van der Waals surface area contributed by atoms with Crippen molar-refractivity contribution in [3.63, 3.8) is 0 Å². The number of rotatable bonds is 15. The highest BCUT2D eigenvalue weighted by atomic mass is 17.2. The van der Waals surface area contributed by atoms with Gasteiger partial charge in [-0.3, -0.25) is 0 Å². The van der Waals surface area contributed by atoms with Crippen LogP contribution >= 0.6 is 0 Å². The normalized spacial score (nSPS) is 11.3. The third kappa shape index (κ3) is 18.6. The molecule has 0 rings (SSSR count). The summed E-state index contributed by atoms with van der Waals surface area (Å²) < 4.78 is 0. The summed E-state index contributed by atoms with van der Waals surface area (Å²) in [5.74, 6) is -1.26. The molecule has 0 fully saturated rings. The first kappa shape index (κ1) is 23.4. The predicted octanol–water partition coefficient (Wildman–Crippen LogP) is 4.76. The number of hydrogen-bond acceptors (Lipinski definition) is 5. The molecule has 0 radical (unpaired) electrons. The fourth-order valence-corrected chi connectivity index (χ4v) is 2.25. The molecule has 2 N–H and O–H groups in total. The van der Waals surface area contributed by atoms with Crippen LogP contribution in [0.1, 0.15) is 84.0 Å². The molecule has 0 aliphatic rings. The molecule has 0 saturated carbocycles. The van der Waals surface area contributed by atoms with E-state index < -0.39 is 11.9 Å². The van der Waals surface area contributed by atoms with Crippen molar-refractivity contribution in [2.45, 2.75) is 84.0 Å². The van der Waals surface area contributed by atoms with Gasteiger partial charge in [0.05, 0.1) is 13.0 Å². The maximum absolute atomic E-state index is 11.2. The third-order valence-corrected chi connectivity index (χ3v) is 3.73. The van der Waals surface area contributed by atoms with Crippen LogP contribution < -0.4 is 5.73 Å². The van der Waals surface area contributed by atoms with Crippen LogP contribution in [-0.2, 0) is 19.4 Å². The summed E-state index contributed by atoms with van der Waals surface area (Å²) in [6, 6.07) is 0. The molecule has 0 saturated heterocycles. The van der Waals surface area contributed by atoms with Crippen LogP contribution in [0.15, 0.2) is 24.3 Å². The molecule has 0 unspecified atom stereocenters. The lowest BCUT2D eigenvalue weighted by atomic mass is 10.1. The van der Waals surface area contributed by atoms with E-state index in [9.17, 15) is 9.59 Å².